The molecule has 9 nitrogen and oxygen atoms in total. The van der Waals surface area contributed by atoms with Crippen molar-refractivity contribution in [2.75, 3.05) is 30.1 Å². The number of benzene rings is 1. The van der Waals surface area contributed by atoms with Gasteiger partial charge in [-0.15, -0.1) is 4.41 Å². The van der Waals surface area contributed by atoms with Gasteiger partial charge in [0.05, 0.1) is 36.2 Å². The molecule has 1 aromatic rings. The van der Waals surface area contributed by atoms with Gasteiger partial charge < -0.3 is 4.74 Å². The largest absolute Gasteiger partial charge is 0.495 e. The molecule has 0 amide bonds. The zero-order chi connectivity index (χ0) is 20.7. The van der Waals surface area contributed by atoms with E-state index in [0.717, 1.165) is 4.41 Å². The molecule has 12 heteroatoms. The summed E-state index contributed by atoms with van der Waals surface area (Å²) in [5, 5.41) is 0. The number of hydrogen-bond donors (Lipinski definition) is 1. The van der Waals surface area contributed by atoms with Gasteiger partial charge in [0, 0.05) is 6.04 Å². The van der Waals surface area contributed by atoms with Gasteiger partial charge in [0.2, 0.25) is 0 Å². The molecule has 2 heterocycles. The summed E-state index contributed by atoms with van der Waals surface area (Å²) >= 11 is 0. The predicted molar refractivity (Wildman–Crippen MR) is 104 cm³/mol. The average Bonchev–Trinajstić information content (AvgIpc) is 3.13. The first-order chi connectivity index (χ1) is 12.9. The number of sulfone groups is 2. The lowest BCUT2D eigenvalue weighted by Gasteiger charge is -2.31. The third-order valence-corrected chi connectivity index (χ3v) is 10.3. The van der Waals surface area contributed by atoms with Gasteiger partial charge in [-0.2, -0.15) is 0 Å². The van der Waals surface area contributed by atoms with Crippen molar-refractivity contribution < 1.29 is 30.0 Å². The fourth-order valence-corrected chi connectivity index (χ4v) is 8.77. The van der Waals surface area contributed by atoms with Crippen LogP contribution < -0.4 is 10.2 Å². The number of hydrazine groups is 1. The molecule has 28 heavy (non-hydrogen) atoms. The summed E-state index contributed by atoms with van der Waals surface area (Å²) in [6, 6.07) is 3.28. The second-order valence-electron chi connectivity index (χ2n) is 7.24. The van der Waals surface area contributed by atoms with Crippen molar-refractivity contribution in [2.24, 2.45) is 0 Å². The van der Waals surface area contributed by atoms with Gasteiger partial charge in [-0.1, -0.05) is 6.07 Å². The molecule has 0 aromatic heterocycles. The standard InChI is InChI=1S/C16H24N2O7S3/c1-12-3-4-15(25-2)16(9-12)28(23,24)18(14-6-8-27(21,22)11-14)17-13-5-7-26(19,20)10-13/h3-4,9,13-14,17H,5-8,10-11H2,1-2H3/t13-,14+/m0/s1. The van der Waals surface area contributed by atoms with Gasteiger partial charge in [-0.25, -0.2) is 30.7 Å². The van der Waals surface area contributed by atoms with Crippen LogP contribution in [-0.4, -0.2) is 71.9 Å². The van der Waals surface area contributed by atoms with E-state index in [1.807, 2.05) is 0 Å². The predicted octanol–water partition coefficient (Wildman–Crippen LogP) is -0.127. The second kappa shape index (κ2) is 7.56. The Morgan fingerprint density at radius 1 is 1.07 bits per heavy atom. The summed E-state index contributed by atoms with van der Waals surface area (Å²) in [6.45, 7) is 1.74. The highest BCUT2D eigenvalue weighted by Gasteiger charge is 2.42. The van der Waals surface area contributed by atoms with E-state index in [1.54, 1.807) is 13.0 Å². The number of ether oxygens (including phenoxy) is 1. The first-order valence-electron chi connectivity index (χ1n) is 8.80. The maximum absolute atomic E-state index is 13.5. The molecular formula is C16H24N2O7S3. The molecule has 0 bridgehead atoms. The first kappa shape index (κ1) is 21.5. The number of nitrogens with one attached hydrogen (secondary N) is 1. The molecule has 2 fully saturated rings. The van der Waals surface area contributed by atoms with E-state index in [2.05, 4.69) is 5.43 Å². The van der Waals surface area contributed by atoms with Crippen LogP contribution in [0.3, 0.4) is 0 Å². The Balaban J connectivity index is 2.01. The maximum Gasteiger partial charge on any atom is 0.259 e. The van der Waals surface area contributed by atoms with E-state index in [0.29, 0.717) is 5.56 Å². The lowest BCUT2D eigenvalue weighted by atomic mass is 10.2. The summed E-state index contributed by atoms with van der Waals surface area (Å²) in [5.41, 5.74) is 3.50. The Morgan fingerprint density at radius 2 is 1.71 bits per heavy atom. The number of hydrogen-bond acceptors (Lipinski definition) is 8. The molecule has 0 unspecified atom stereocenters. The summed E-state index contributed by atoms with van der Waals surface area (Å²) < 4.78 is 80.5. The van der Waals surface area contributed by atoms with E-state index >= 15 is 0 Å². The minimum Gasteiger partial charge on any atom is -0.495 e. The van der Waals surface area contributed by atoms with Crippen molar-refractivity contribution in [3.8, 4) is 5.75 Å². The molecule has 158 valence electrons. The minimum atomic E-state index is -4.19. The fraction of sp³-hybridized carbons (Fsp3) is 0.625. The Morgan fingerprint density at radius 3 is 2.25 bits per heavy atom. The van der Waals surface area contributed by atoms with Gasteiger partial charge >= 0.3 is 0 Å². The zero-order valence-corrected chi connectivity index (χ0v) is 18.1. The van der Waals surface area contributed by atoms with Crippen LogP contribution in [0.1, 0.15) is 18.4 Å². The zero-order valence-electron chi connectivity index (χ0n) is 15.7. The summed E-state index contributed by atoms with van der Waals surface area (Å²) in [5.74, 6) is -0.512. The smallest absolute Gasteiger partial charge is 0.259 e. The SMILES string of the molecule is COc1ccc(C)cc1S(=O)(=O)N(N[C@H]1CCS(=O)(=O)C1)[C@@H]1CCS(=O)(=O)C1. The molecule has 2 saturated heterocycles. The van der Waals surface area contributed by atoms with Crippen molar-refractivity contribution in [2.45, 2.75) is 36.7 Å². The van der Waals surface area contributed by atoms with Crippen LogP contribution in [0.25, 0.3) is 0 Å². The number of rotatable bonds is 6. The number of nitrogens with zero attached hydrogens (tertiary/aromatic N) is 1. The van der Waals surface area contributed by atoms with Gasteiger partial charge in [-0.3, -0.25) is 0 Å². The summed E-state index contributed by atoms with van der Waals surface area (Å²) in [6.07, 6.45) is 0.404. The van der Waals surface area contributed by atoms with Crippen molar-refractivity contribution in [3.63, 3.8) is 0 Å². The van der Waals surface area contributed by atoms with E-state index in [4.69, 9.17) is 4.74 Å². The third kappa shape index (κ3) is 4.51. The van der Waals surface area contributed by atoms with Crippen LogP contribution in [0.5, 0.6) is 5.75 Å². The van der Waals surface area contributed by atoms with Crippen molar-refractivity contribution in [1.29, 1.82) is 0 Å². The first-order valence-corrected chi connectivity index (χ1v) is 13.9. The fourth-order valence-electron chi connectivity index (χ4n) is 3.50. The second-order valence-corrected chi connectivity index (χ2v) is 13.5. The highest BCUT2D eigenvalue weighted by atomic mass is 32.2. The van der Waals surface area contributed by atoms with Gasteiger partial charge in [-0.05, 0) is 37.5 Å². The number of aryl methyl sites for hydroxylation is 1. The van der Waals surface area contributed by atoms with Crippen LogP contribution in [-0.2, 0) is 29.7 Å². The highest BCUT2D eigenvalue weighted by Crippen LogP contribution is 2.31. The summed E-state index contributed by atoms with van der Waals surface area (Å²) in [7, 11) is -9.44. The van der Waals surface area contributed by atoms with Crippen LogP contribution >= 0.6 is 0 Å². The van der Waals surface area contributed by atoms with Crippen molar-refractivity contribution in [3.05, 3.63) is 23.8 Å². The Labute approximate surface area is 165 Å². The van der Waals surface area contributed by atoms with Gasteiger partial charge in [0.15, 0.2) is 19.7 Å². The summed E-state index contributed by atoms with van der Waals surface area (Å²) in [4.78, 5) is -0.0901. The molecule has 1 N–H and O–H groups in total. The molecule has 1 aromatic carbocycles. The van der Waals surface area contributed by atoms with Crippen LogP contribution in [0.4, 0.5) is 0 Å². The van der Waals surface area contributed by atoms with Crippen molar-refractivity contribution >= 4 is 29.7 Å². The molecule has 3 rings (SSSR count). The maximum atomic E-state index is 13.5. The molecule has 0 saturated carbocycles. The van der Waals surface area contributed by atoms with Crippen LogP contribution in [0.15, 0.2) is 23.1 Å². The van der Waals surface area contributed by atoms with Crippen LogP contribution in [0.2, 0.25) is 0 Å². The van der Waals surface area contributed by atoms with E-state index in [1.165, 1.54) is 19.2 Å². The Kier molecular flexibility index (Phi) is 5.80. The number of sulfonamides is 1. The Hall–Kier alpha value is -1.21. The van der Waals surface area contributed by atoms with Gasteiger partial charge in [0.25, 0.3) is 10.0 Å². The molecule has 0 radical (unpaired) electrons. The lowest BCUT2D eigenvalue weighted by molar-refractivity contribution is 0.228. The molecule has 2 aliphatic rings. The monoisotopic (exact) mass is 452 g/mol. The lowest BCUT2D eigenvalue weighted by Crippen LogP contribution is -2.54. The highest BCUT2D eigenvalue weighted by molar-refractivity contribution is 7.92. The quantitative estimate of drug-likeness (QED) is 0.592. The van der Waals surface area contributed by atoms with E-state index in [-0.39, 0.29) is 46.5 Å². The number of methoxy groups -OCH3 is 1. The molecule has 2 atom stereocenters. The molecule has 0 aliphatic carbocycles. The molecule has 0 spiro atoms. The molecular weight excluding hydrogens is 428 g/mol. The normalized spacial score (nSPS) is 26.5. The van der Waals surface area contributed by atoms with Crippen molar-refractivity contribution in [1.82, 2.24) is 9.84 Å². The van der Waals surface area contributed by atoms with E-state index < -0.39 is 41.8 Å². The van der Waals surface area contributed by atoms with Gasteiger partial charge in [0.1, 0.15) is 10.6 Å². The average molecular weight is 453 g/mol. The molecule has 2 aliphatic heterocycles. The Bertz CT molecular complexity index is 1070. The third-order valence-electron chi connectivity index (χ3n) is 4.94. The van der Waals surface area contributed by atoms with Crippen LogP contribution in [0, 0.1) is 6.92 Å². The minimum absolute atomic E-state index is 0.0325. The van der Waals surface area contributed by atoms with E-state index in [9.17, 15) is 25.3 Å². The topological polar surface area (TPSA) is 127 Å².